The van der Waals surface area contributed by atoms with Crippen molar-refractivity contribution in [3.8, 4) is 5.75 Å². The van der Waals surface area contributed by atoms with Crippen molar-refractivity contribution in [1.29, 1.82) is 0 Å². The van der Waals surface area contributed by atoms with Crippen LogP contribution in [0.2, 0.25) is 5.02 Å². The second-order valence-electron chi connectivity index (χ2n) is 2.80. The highest BCUT2D eigenvalue weighted by molar-refractivity contribution is 6.30. The van der Waals surface area contributed by atoms with Crippen molar-refractivity contribution < 1.29 is 9.13 Å². The van der Waals surface area contributed by atoms with E-state index in [9.17, 15) is 4.39 Å². The molecule has 0 aliphatic carbocycles. The standard InChI is InChI=1S/C10H10ClFO/c1-7(2)6-13-9-5-3-4-8(11)10(9)12/h3-5H,1,6H2,2H3. The molecule has 3 heteroatoms. The Morgan fingerprint density at radius 1 is 1.62 bits per heavy atom. The van der Waals surface area contributed by atoms with E-state index in [1.807, 2.05) is 6.92 Å². The average Bonchev–Trinajstić information content (AvgIpc) is 2.07. The molecule has 0 N–H and O–H groups in total. The lowest BCUT2D eigenvalue weighted by Crippen LogP contribution is -1.99. The zero-order chi connectivity index (χ0) is 9.84. The van der Waals surface area contributed by atoms with E-state index in [-0.39, 0.29) is 10.8 Å². The Kier molecular flexibility index (Phi) is 3.32. The predicted molar refractivity (Wildman–Crippen MR) is 51.7 cm³/mol. The van der Waals surface area contributed by atoms with Crippen molar-refractivity contribution in [2.45, 2.75) is 6.92 Å². The van der Waals surface area contributed by atoms with Gasteiger partial charge in [0, 0.05) is 0 Å². The molecule has 0 fully saturated rings. The van der Waals surface area contributed by atoms with E-state index in [2.05, 4.69) is 6.58 Å². The third-order valence-corrected chi connectivity index (χ3v) is 1.68. The van der Waals surface area contributed by atoms with Gasteiger partial charge < -0.3 is 4.74 Å². The molecule has 1 aromatic carbocycles. The molecule has 0 aliphatic rings. The zero-order valence-corrected chi connectivity index (χ0v) is 8.07. The Labute approximate surface area is 81.8 Å². The number of ether oxygens (including phenoxy) is 1. The third kappa shape index (κ3) is 2.74. The van der Waals surface area contributed by atoms with Crippen LogP contribution < -0.4 is 4.74 Å². The highest BCUT2D eigenvalue weighted by atomic mass is 35.5. The first-order valence-corrected chi connectivity index (χ1v) is 4.20. The smallest absolute Gasteiger partial charge is 0.183 e. The summed E-state index contributed by atoms with van der Waals surface area (Å²) in [5.74, 6) is -0.360. The van der Waals surface area contributed by atoms with Gasteiger partial charge in [0.2, 0.25) is 0 Å². The van der Waals surface area contributed by atoms with Gasteiger partial charge in [-0.05, 0) is 24.6 Å². The molecule has 1 aromatic rings. The van der Waals surface area contributed by atoms with Crippen LogP contribution in [0.4, 0.5) is 4.39 Å². The SMILES string of the molecule is C=C(C)COc1cccc(Cl)c1F. The van der Waals surface area contributed by atoms with Gasteiger partial charge in [0.25, 0.3) is 0 Å². The molecule has 0 saturated carbocycles. The van der Waals surface area contributed by atoms with E-state index in [1.165, 1.54) is 12.1 Å². The van der Waals surface area contributed by atoms with Crippen LogP contribution >= 0.6 is 11.6 Å². The lowest BCUT2D eigenvalue weighted by molar-refractivity contribution is 0.333. The molecule has 0 radical (unpaired) electrons. The topological polar surface area (TPSA) is 9.23 Å². The summed E-state index contributed by atoms with van der Waals surface area (Å²) in [6, 6.07) is 4.65. The van der Waals surface area contributed by atoms with Gasteiger partial charge in [-0.3, -0.25) is 0 Å². The Hall–Kier alpha value is -1.02. The van der Waals surface area contributed by atoms with Gasteiger partial charge in [0.05, 0.1) is 5.02 Å². The molecule has 0 heterocycles. The Morgan fingerprint density at radius 2 is 2.31 bits per heavy atom. The first kappa shape index (κ1) is 10.1. The Balaban J connectivity index is 2.77. The molecule has 1 rings (SSSR count). The van der Waals surface area contributed by atoms with Crippen molar-refractivity contribution >= 4 is 11.6 Å². The normalized spacial score (nSPS) is 9.77. The second kappa shape index (κ2) is 4.28. The maximum absolute atomic E-state index is 13.2. The van der Waals surface area contributed by atoms with Crippen molar-refractivity contribution in [2.75, 3.05) is 6.61 Å². The number of rotatable bonds is 3. The molecule has 0 atom stereocenters. The Morgan fingerprint density at radius 3 is 2.92 bits per heavy atom. The molecule has 1 nitrogen and oxygen atoms in total. The monoisotopic (exact) mass is 200 g/mol. The third-order valence-electron chi connectivity index (χ3n) is 1.39. The fraction of sp³-hybridized carbons (Fsp3) is 0.200. The van der Waals surface area contributed by atoms with Crippen molar-refractivity contribution in [1.82, 2.24) is 0 Å². The van der Waals surface area contributed by atoms with Crippen LogP contribution in [0.3, 0.4) is 0 Å². The highest BCUT2D eigenvalue weighted by Gasteiger charge is 2.06. The number of benzene rings is 1. The van der Waals surface area contributed by atoms with Crippen LogP contribution in [0.15, 0.2) is 30.4 Å². The summed E-state index contributed by atoms with van der Waals surface area (Å²) in [4.78, 5) is 0. The molecule has 0 bridgehead atoms. The summed E-state index contributed by atoms with van der Waals surface area (Å²) in [6.45, 7) is 5.75. The summed E-state index contributed by atoms with van der Waals surface area (Å²) in [6.07, 6.45) is 0. The summed E-state index contributed by atoms with van der Waals surface area (Å²) in [5, 5.41) is 0.0687. The number of halogens is 2. The van der Waals surface area contributed by atoms with E-state index >= 15 is 0 Å². The summed E-state index contributed by atoms with van der Waals surface area (Å²) < 4.78 is 18.3. The van der Waals surface area contributed by atoms with Crippen molar-refractivity contribution in [3.63, 3.8) is 0 Å². The maximum atomic E-state index is 13.2. The van der Waals surface area contributed by atoms with E-state index in [1.54, 1.807) is 6.07 Å². The van der Waals surface area contributed by atoms with Crippen LogP contribution in [-0.4, -0.2) is 6.61 Å². The minimum absolute atomic E-state index is 0.0687. The molecular formula is C10H10ClFO. The van der Waals surface area contributed by atoms with Crippen molar-refractivity contribution in [3.05, 3.63) is 41.2 Å². The molecule has 0 saturated heterocycles. The van der Waals surface area contributed by atoms with Gasteiger partial charge in [-0.25, -0.2) is 4.39 Å². The fourth-order valence-corrected chi connectivity index (χ4v) is 0.962. The predicted octanol–water partition coefficient (Wildman–Crippen LogP) is 3.43. The molecule has 0 aromatic heterocycles. The minimum Gasteiger partial charge on any atom is -0.486 e. The summed E-state index contributed by atoms with van der Waals surface area (Å²) in [5.41, 5.74) is 0.833. The second-order valence-corrected chi connectivity index (χ2v) is 3.20. The Bertz CT molecular complexity index is 323. The maximum Gasteiger partial charge on any atom is 0.183 e. The number of hydrogen-bond acceptors (Lipinski definition) is 1. The molecule has 13 heavy (non-hydrogen) atoms. The molecule has 0 spiro atoms. The fourth-order valence-electron chi connectivity index (χ4n) is 0.796. The lowest BCUT2D eigenvalue weighted by Gasteiger charge is -2.06. The first-order valence-electron chi connectivity index (χ1n) is 3.82. The van der Waals surface area contributed by atoms with E-state index < -0.39 is 5.82 Å². The quantitative estimate of drug-likeness (QED) is 0.680. The zero-order valence-electron chi connectivity index (χ0n) is 7.31. The van der Waals surface area contributed by atoms with Gasteiger partial charge in [0.15, 0.2) is 11.6 Å². The van der Waals surface area contributed by atoms with Gasteiger partial charge in [-0.15, -0.1) is 0 Å². The van der Waals surface area contributed by atoms with Gasteiger partial charge in [0.1, 0.15) is 6.61 Å². The molecule has 0 unspecified atom stereocenters. The van der Waals surface area contributed by atoms with E-state index in [0.717, 1.165) is 5.57 Å². The molecular weight excluding hydrogens is 191 g/mol. The summed E-state index contributed by atoms with van der Waals surface area (Å²) >= 11 is 5.55. The lowest BCUT2D eigenvalue weighted by atomic mass is 10.3. The van der Waals surface area contributed by atoms with Crippen LogP contribution in [0.25, 0.3) is 0 Å². The van der Waals surface area contributed by atoms with Crippen LogP contribution in [0.5, 0.6) is 5.75 Å². The summed E-state index contributed by atoms with van der Waals surface area (Å²) in [7, 11) is 0. The van der Waals surface area contributed by atoms with E-state index in [4.69, 9.17) is 16.3 Å². The van der Waals surface area contributed by atoms with E-state index in [0.29, 0.717) is 6.61 Å². The van der Waals surface area contributed by atoms with Crippen LogP contribution in [0, 0.1) is 5.82 Å². The number of hydrogen-bond donors (Lipinski definition) is 0. The highest BCUT2D eigenvalue weighted by Crippen LogP contribution is 2.24. The average molecular weight is 201 g/mol. The van der Waals surface area contributed by atoms with Crippen LogP contribution in [-0.2, 0) is 0 Å². The minimum atomic E-state index is -0.523. The van der Waals surface area contributed by atoms with Gasteiger partial charge in [-0.1, -0.05) is 24.2 Å². The first-order chi connectivity index (χ1) is 6.11. The van der Waals surface area contributed by atoms with Crippen molar-refractivity contribution in [2.24, 2.45) is 0 Å². The largest absolute Gasteiger partial charge is 0.486 e. The van der Waals surface area contributed by atoms with Crippen LogP contribution in [0.1, 0.15) is 6.92 Å². The molecule has 70 valence electrons. The van der Waals surface area contributed by atoms with Gasteiger partial charge in [-0.2, -0.15) is 0 Å². The molecule has 0 amide bonds. The molecule has 0 aliphatic heterocycles. The van der Waals surface area contributed by atoms with Gasteiger partial charge >= 0.3 is 0 Å².